The zero-order chi connectivity index (χ0) is 83.4. The van der Waals surface area contributed by atoms with Crippen LogP contribution in [0.5, 0.6) is 0 Å². The summed E-state index contributed by atoms with van der Waals surface area (Å²) in [6.07, 6.45) is 59.0. The number of thioether (sulfide) groups is 13. The molecule has 0 bridgehead atoms. The summed E-state index contributed by atoms with van der Waals surface area (Å²) in [4.78, 5) is 29.1. The predicted octanol–water partition coefficient (Wildman–Crippen LogP) is 30.9. The Kier molecular flexibility index (Phi) is 171. The first kappa shape index (κ1) is 131. The Balaban J connectivity index is -0.0000000610. The second-order valence-corrected chi connectivity index (χ2v) is 32.6. The quantitative estimate of drug-likeness (QED) is 0.0274. The van der Waals surface area contributed by atoms with Gasteiger partial charge in [0.05, 0.1) is 23.7 Å². The third kappa shape index (κ3) is 141. The third-order valence-corrected chi connectivity index (χ3v) is 22.9. The van der Waals surface area contributed by atoms with Gasteiger partial charge in [0, 0.05) is 58.7 Å². The molecule has 0 spiro atoms. The van der Waals surface area contributed by atoms with Gasteiger partial charge in [-0.15, -0.1) is 58.8 Å². The highest BCUT2D eigenvalue weighted by molar-refractivity contribution is 8.21. The maximum absolute atomic E-state index is 11.7. The maximum atomic E-state index is 11.7. The number of hydrogen-bond donors (Lipinski definition) is 0. The topological polar surface area (TPSA) is 88.0 Å². The van der Waals surface area contributed by atoms with E-state index >= 15 is 0 Å². The number of carbonyl (C=O) groups is 2. The van der Waals surface area contributed by atoms with E-state index < -0.39 is 17.3 Å². The number of nitrogens with zero attached hydrogens (tertiary/aromatic N) is 1. The number of carbonyl (C=O) groups excluding carboxylic acids is 2. The SMILES string of the molecule is C.C.C.C.C/C=C\C(C)=C/C.C/C=C\C=C/C.C=C(SC)SC.CCC(SC)C(=O)C(CC)SC.CCC([O-])=NC(C)=O.CCCCCC.CCCCCCC.CCCc1ccccc1C.COCCOC.CS/C(C)=C(SC)/C(C)=C(\C)SC.CSCCCSC.CSCCSC.[2H]C([2H])(SC)C([2H])([2H])SC. The molecule has 6 nitrogen and oxygen atoms in total. The van der Waals surface area contributed by atoms with Crippen LogP contribution in [0.25, 0.3) is 0 Å². The number of rotatable bonds is 37. The number of allylic oxidation sites excluding steroid dienone is 11. The zero-order valence-corrected chi connectivity index (χ0v) is 81.0. The highest BCUT2D eigenvalue weighted by Gasteiger charge is 2.22. The Bertz CT molecular complexity index is 2050. The highest BCUT2D eigenvalue weighted by Crippen LogP contribution is 2.34. The lowest BCUT2D eigenvalue weighted by Gasteiger charge is -2.16. The van der Waals surface area contributed by atoms with E-state index in [0.29, 0.717) is 25.4 Å². The largest absolute Gasteiger partial charge is 0.862 e. The summed E-state index contributed by atoms with van der Waals surface area (Å²) in [6, 6.07) is 8.58. The average Bonchev–Trinajstić information content (AvgIpc) is 0.844. The van der Waals surface area contributed by atoms with Crippen molar-refractivity contribution < 1.29 is 29.7 Å². The van der Waals surface area contributed by atoms with Gasteiger partial charge in [0.2, 0.25) is 5.91 Å². The Hall–Kier alpha value is 0.680. The average molecular weight is 1710 g/mol. The van der Waals surface area contributed by atoms with Crippen LogP contribution in [0, 0.1) is 6.92 Å². The van der Waals surface area contributed by atoms with E-state index in [4.69, 9.17) is 5.48 Å². The van der Waals surface area contributed by atoms with Crippen LogP contribution in [0.1, 0.15) is 254 Å². The van der Waals surface area contributed by atoms with Gasteiger partial charge < -0.3 is 14.6 Å². The molecule has 0 radical (unpaired) electrons. The minimum absolute atomic E-state index is 0. The fourth-order valence-electron chi connectivity index (χ4n) is 6.16. The van der Waals surface area contributed by atoms with Gasteiger partial charge in [-0.05, 0) is 220 Å². The standard InChI is InChI=1S/C10H18S3.C10H14.C9H18OS2.C7H12.C7H16.C6H14.C6H10.C5H9NO2.C5H12S2.C4H10O2.2C4H10S2.C4H8S2.4CH4/c1-7(8(2)11-4)10(13-6)9(3)12-5;1-3-6-10-8-5-4-7-9(10)2;1-5-7(11-3)9(10)8(6-2)12-4;1-4-6-7(3)5-2;1-3-5-7-6-4-2;2*1-3-5-6-4-2;1-3-5(8)6-4(2)7;1-6-4-3-5-7-2;3*1-5-3-4-6-2;1-4(5-2)6-3;;;;/h1-6H3;4-5,7-8H,3,6H2,1-2H3;7-8H,5-6H2,1-4H3;4-6H,1-3H3;3-7H2,1-2H3;3-6H2,1-2H3;3-6H,1-2H3;3H2,1-2H3,(H,6,7,8);3-5H2,1-2H3;3*3-4H2,1-2H3;1H2,2-3H3;4*1H4/p-1/b8-7+,10-9-;;;6-4-,7-5-;;;5-3-,6-4-;;;;;;;;;;/i;;;;;;;;;;3D2,4D2;;;;;;. The van der Waals surface area contributed by atoms with Gasteiger partial charge >= 0.3 is 0 Å². The minimum atomic E-state index is -1.80. The molecule has 630 valence electrons. The summed E-state index contributed by atoms with van der Waals surface area (Å²) in [5.41, 5.74) is 2.06. The number of unbranched alkanes of at least 4 members (excludes halogenated alkanes) is 7. The summed E-state index contributed by atoms with van der Waals surface area (Å²) in [7, 11) is 3.30. The molecule has 0 saturated heterocycles. The van der Waals surface area contributed by atoms with Crippen molar-refractivity contribution >= 4 is 170 Å². The fourth-order valence-corrected chi connectivity index (χ4v) is 13.5. The van der Waals surface area contributed by atoms with E-state index in [-0.39, 0.29) is 46.1 Å². The first-order valence-electron chi connectivity index (χ1n) is 37.0. The van der Waals surface area contributed by atoms with E-state index in [0.717, 1.165) is 36.4 Å². The summed E-state index contributed by atoms with van der Waals surface area (Å²) in [5, 5.41) is 10.7. The van der Waals surface area contributed by atoms with E-state index in [2.05, 4.69) is 184 Å². The van der Waals surface area contributed by atoms with Crippen molar-refractivity contribution in [1.82, 2.24) is 0 Å². The van der Waals surface area contributed by atoms with Crippen LogP contribution in [0.2, 0.25) is 0 Å². The Morgan fingerprint density at radius 3 is 1.13 bits per heavy atom. The number of ether oxygens (including phenoxy) is 2. The van der Waals surface area contributed by atoms with Crippen LogP contribution in [0.3, 0.4) is 0 Å². The smallest absolute Gasteiger partial charge is 0.241 e. The monoisotopic (exact) mass is 1710 g/mol. The van der Waals surface area contributed by atoms with Crippen molar-refractivity contribution in [2.75, 3.05) is 143 Å². The lowest BCUT2D eigenvalue weighted by Crippen LogP contribution is -2.26. The molecule has 1 amide bonds. The number of Topliss-reactive ketones (excluding diaryl/α,β-unsaturated/α-hetero) is 1. The molecule has 0 aliphatic carbocycles. The molecule has 0 aliphatic rings. The zero-order valence-electron chi connectivity index (χ0n) is 74.4. The molecule has 19 heteroatoms. The van der Waals surface area contributed by atoms with Gasteiger partial charge in [-0.25, -0.2) is 4.99 Å². The molecule has 0 N–H and O–H groups in total. The number of aryl methyl sites for hydroxylation is 2. The van der Waals surface area contributed by atoms with Gasteiger partial charge in [0.1, 0.15) is 0 Å². The molecule has 1 aromatic rings. The summed E-state index contributed by atoms with van der Waals surface area (Å²) < 4.78 is 39.3. The lowest BCUT2D eigenvalue weighted by molar-refractivity contribution is -0.218. The van der Waals surface area contributed by atoms with Gasteiger partial charge in [0.15, 0.2) is 5.78 Å². The molecule has 0 heterocycles. The number of ketones is 1. The van der Waals surface area contributed by atoms with Crippen molar-refractivity contribution in [2.24, 2.45) is 4.99 Å². The number of methoxy groups -OCH3 is 2. The van der Waals surface area contributed by atoms with Crippen LogP contribution in [0.15, 0.2) is 108 Å². The van der Waals surface area contributed by atoms with E-state index in [9.17, 15) is 14.7 Å². The fraction of sp³-hybridized carbons (Fsp3) is 0.729. The molecule has 1 aromatic carbocycles. The second-order valence-electron chi connectivity index (χ2n) is 20.5. The lowest BCUT2D eigenvalue weighted by atomic mass is 10.1. The molecule has 0 aliphatic heterocycles. The molecule has 0 fully saturated rings. The molecule has 2 atom stereocenters. The first-order chi connectivity index (χ1) is 49.3. The van der Waals surface area contributed by atoms with Crippen LogP contribution >= 0.6 is 153 Å². The van der Waals surface area contributed by atoms with Crippen LogP contribution < -0.4 is 5.11 Å². The first-order valence-corrected chi connectivity index (χ1v) is 51.7. The maximum Gasteiger partial charge on any atom is 0.241 e. The van der Waals surface area contributed by atoms with Crippen LogP contribution in [-0.4, -0.2) is 171 Å². The summed E-state index contributed by atoms with van der Waals surface area (Å²) >= 11 is 21.7. The van der Waals surface area contributed by atoms with E-state index in [1.54, 1.807) is 80.7 Å². The molecule has 0 saturated carbocycles. The van der Waals surface area contributed by atoms with Crippen molar-refractivity contribution in [1.29, 1.82) is 0 Å². The Morgan fingerprint density at radius 2 is 0.913 bits per heavy atom. The van der Waals surface area contributed by atoms with Gasteiger partial charge in [-0.2, -0.15) is 94.1 Å². The molecule has 2 unspecified atom stereocenters. The van der Waals surface area contributed by atoms with Gasteiger partial charge in [-0.3, -0.25) is 9.59 Å². The van der Waals surface area contributed by atoms with E-state index in [1.807, 2.05) is 165 Å². The third-order valence-electron chi connectivity index (χ3n) is 12.2. The number of benzene rings is 1. The molecule has 1 rings (SSSR count). The van der Waals surface area contributed by atoms with Crippen molar-refractivity contribution in [3.63, 3.8) is 0 Å². The highest BCUT2D eigenvalue weighted by atomic mass is 32.2. The van der Waals surface area contributed by atoms with Gasteiger partial charge in [0.25, 0.3) is 0 Å². The molecule has 104 heavy (non-hydrogen) atoms. The van der Waals surface area contributed by atoms with Crippen molar-refractivity contribution in [3.05, 3.63) is 115 Å². The van der Waals surface area contributed by atoms with Crippen molar-refractivity contribution in [2.45, 2.75) is 261 Å². The van der Waals surface area contributed by atoms with Crippen LogP contribution in [-0.2, 0) is 25.5 Å². The number of amides is 1. The molecule has 0 aromatic heterocycles. The number of aliphatic imine (C=N–C) groups is 1. The Labute approximate surface area is 717 Å². The Morgan fingerprint density at radius 1 is 0.529 bits per heavy atom. The van der Waals surface area contributed by atoms with Crippen molar-refractivity contribution in [3.8, 4) is 0 Å². The minimum Gasteiger partial charge on any atom is -0.862 e. The summed E-state index contributed by atoms with van der Waals surface area (Å²) in [6.45, 7) is 42.2. The molecular weight excluding hydrogens is 1530 g/mol. The normalized spacial score (nSPS) is 11.8. The second kappa shape index (κ2) is 136. The predicted molar refractivity (Wildman–Crippen MR) is 535 cm³/mol. The van der Waals surface area contributed by atoms with E-state index in [1.165, 1.54) is 148 Å². The van der Waals surface area contributed by atoms with Gasteiger partial charge in [-0.1, -0.05) is 228 Å². The summed E-state index contributed by atoms with van der Waals surface area (Å²) in [5.74, 6) is 4.87. The molecular formula is C85H176NO5S13-. The number of hydrogen-bond acceptors (Lipinski definition) is 18. The van der Waals surface area contributed by atoms with Crippen LogP contribution in [0.4, 0.5) is 0 Å².